The van der Waals surface area contributed by atoms with Crippen LogP contribution in [0.15, 0.2) is 10.8 Å². The maximum atomic E-state index is 2.55. The standard InChI is InChI=1S/C11H25NSi/c1-6-11(9(4)10(5)13)12(7-2)8-3/h11H,6-8H2,1-5,13H3. The van der Waals surface area contributed by atoms with Gasteiger partial charge in [-0.15, -0.1) is 0 Å². The molecule has 0 aliphatic rings. The van der Waals surface area contributed by atoms with Crippen molar-refractivity contribution in [2.75, 3.05) is 13.1 Å². The first-order valence-corrected chi connectivity index (χ1v) is 6.46. The summed E-state index contributed by atoms with van der Waals surface area (Å²) in [6.45, 7) is 13.7. The molecule has 78 valence electrons. The summed E-state index contributed by atoms with van der Waals surface area (Å²) in [5, 5.41) is 1.61. The number of rotatable bonds is 5. The summed E-state index contributed by atoms with van der Waals surface area (Å²) in [5.74, 6) is 0. The Kier molecular flexibility index (Phi) is 6.34. The number of nitrogens with zero attached hydrogens (tertiary/aromatic N) is 1. The summed E-state index contributed by atoms with van der Waals surface area (Å²) in [5.41, 5.74) is 1.61. The van der Waals surface area contributed by atoms with Gasteiger partial charge >= 0.3 is 0 Å². The summed E-state index contributed by atoms with van der Waals surface area (Å²) < 4.78 is 0. The average molecular weight is 199 g/mol. The lowest BCUT2D eigenvalue weighted by molar-refractivity contribution is 0.238. The molecule has 0 aromatic carbocycles. The van der Waals surface area contributed by atoms with Gasteiger partial charge in [0, 0.05) is 16.3 Å². The predicted molar refractivity (Wildman–Crippen MR) is 65.3 cm³/mol. The topological polar surface area (TPSA) is 3.24 Å². The molecule has 0 spiro atoms. The minimum absolute atomic E-state index is 0.688. The molecule has 0 saturated heterocycles. The molecule has 1 nitrogen and oxygen atoms in total. The molecule has 0 rings (SSSR count). The van der Waals surface area contributed by atoms with Crippen molar-refractivity contribution in [2.24, 2.45) is 0 Å². The lowest BCUT2D eigenvalue weighted by Gasteiger charge is -2.30. The number of hydrogen-bond donors (Lipinski definition) is 0. The number of likely N-dealkylation sites (N-methyl/N-ethyl adjacent to an activating group) is 1. The summed E-state index contributed by atoms with van der Waals surface area (Å²) in [4.78, 5) is 2.55. The van der Waals surface area contributed by atoms with Gasteiger partial charge in [-0.05, 0) is 33.4 Å². The van der Waals surface area contributed by atoms with E-state index < -0.39 is 0 Å². The summed E-state index contributed by atoms with van der Waals surface area (Å²) in [6, 6.07) is 0.688. The molecule has 1 unspecified atom stereocenters. The monoisotopic (exact) mass is 199 g/mol. The molecule has 0 saturated carbocycles. The highest BCUT2D eigenvalue weighted by Gasteiger charge is 2.15. The van der Waals surface area contributed by atoms with Crippen LogP contribution in [0.25, 0.3) is 0 Å². The smallest absolute Gasteiger partial charge is 0.0329 e. The lowest BCUT2D eigenvalue weighted by atomic mass is 10.0. The van der Waals surface area contributed by atoms with Gasteiger partial charge in [0.25, 0.3) is 0 Å². The predicted octanol–water partition coefficient (Wildman–Crippen LogP) is 1.77. The Labute approximate surface area is 86.6 Å². The minimum atomic E-state index is 0.688. The largest absolute Gasteiger partial charge is 0.297 e. The summed E-state index contributed by atoms with van der Waals surface area (Å²) in [6.07, 6.45) is 1.24. The molecule has 0 amide bonds. The second kappa shape index (κ2) is 6.38. The fraction of sp³-hybridized carbons (Fsp3) is 0.818. The number of allylic oxidation sites excluding steroid dienone is 1. The van der Waals surface area contributed by atoms with Crippen molar-refractivity contribution in [2.45, 2.75) is 47.1 Å². The van der Waals surface area contributed by atoms with Gasteiger partial charge in [0.05, 0.1) is 0 Å². The van der Waals surface area contributed by atoms with E-state index in [1.807, 2.05) is 0 Å². The molecule has 0 fully saturated rings. The fourth-order valence-corrected chi connectivity index (χ4v) is 2.17. The molecular weight excluding hydrogens is 174 g/mol. The molecule has 0 aromatic rings. The highest BCUT2D eigenvalue weighted by atomic mass is 28.1. The van der Waals surface area contributed by atoms with Gasteiger partial charge in [-0.1, -0.05) is 31.5 Å². The van der Waals surface area contributed by atoms with E-state index in [1.54, 1.807) is 10.8 Å². The van der Waals surface area contributed by atoms with Crippen LogP contribution in [-0.2, 0) is 0 Å². The number of hydrogen-bond acceptors (Lipinski definition) is 1. The Morgan fingerprint density at radius 3 is 1.85 bits per heavy atom. The van der Waals surface area contributed by atoms with E-state index in [9.17, 15) is 0 Å². The Morgan fingerprint density at radius 1 is 1.15 bits per heavy atom. The van der Waals surface area contributed by atoms with Crippen molar-refractivity contribution < 1.29 is 0 Å². The van der Waals surface area contributed by atoms with E-state index in [4.69, 9.17) is 0 Å². The Morgan fingerprint density at radius 2 is 1.62 bits per heavy atom. The molecule has 0 aliphatic heterocycles. The van der Waals surface area contributed by atoms with Crippen molar-refractivity contribution in [1.82, 2.24) is 4.90 Å². The normalized spacial score (nSPS) is 16.2. The second-order valence-corrected chi connectivity index (χ2v) is 5.33. The van der Waals surface area contributed by atoms with Crippen LogP contribution in [0.3, 0.4) is 0 Å². The molecule has 13 heavy (non-hydrogen) atoms. The molecule has 0 N–H and O–H groups in total. The zero-order chi connectivity index (χ0) is 10.4. The molecule has 0 bridgehead atoms. The summed E-state index contributed by atoms with van der Waals surface area (Å²) in [7, 11) is 1.21. The van der Waals surface area contributed by atoms with E-state index >= 15 is 0 Å². The van der Waals surface area contributed by atoms with Gasteiger partial charge in [0.1, 0.15) is 0 Å². The van der Waals surface area contributed by atoms with Crippen LogP contribution in [-0.4, -0.2) is 34.3 Å². The SMILES string of the molecule is CCC(C(C)=C(C)[SiH3])N(CC)CC. The Balaban J connectivity index is 4.58. The molecule has 2 heteroatoms. The van der Waals surface area contributed by atoms with Crippen LogP contribution < -0.4 is 0 Å². The minimum Gasteiger partial charge on any atom is -0.297 e. The molecule has 0 heterocycles. The first-order chi connectivity index (χ1) is 6.08. The van der Waals surface area contributed by atoms with Crippen molar-refractivity contribution >= 4 is 10.2 Å². The Bertz CT molecular complexity index is 167. The lowest BCUT2D eigenvalue weighted by Crippen LogP contribution is -2.35. The van der Waals surface area contributed by atoms with Crippen molar-refractivity contribution in [3.8, 4) is 0 Å². The van der Waals surface area contributed by atoms with E-state index in [2.05, 4.69) is 39.5 Å². The summed E-state index contributed by atoms with van der Waals surface area (Å²) >= 11 is 0. The molecule has 0 radical (unpaired) electrons. The van der Waals surface area contributed by atoms with E-state index in [0.29, 0.717) is 6.04 Å². The van der Waals surface area contributed by atoms with Gasteiger partial charge in [-0.25, -0.2) is 0 Å². The van der Waals surface area contributed by atoms with Gasteiger partial charge in [-0.2, -0.15) is 0 Å². The first-order valence-electron chi connectivity index (χ1n) is 5.46. The molecule has 0 aromatic heterocycles. The zero-order valence-electron chi connectivity index (χ0n) is 10.1. The molecular formula is C11H25NSi. The highest BCUT2D eigenvalue weighted by molar-refractivity contribution is 6.21. The van der Waals surface area contributed by atoms with E-state index in [1.165, 1.54) is 29.8 Å². The van der Waals surface area contributed by atoms with Crippen LogP contribution in [0.1, 0.15) is 41.0 Å². The van der Waals surface area contributed by atoms with Crippen LogP contribution in [0.5, 0.6) is 0 Å². The average Bonchev–Trinajstić information content (AvgIpc) is 2.12. The third kappa shape index (κ3) is 3.65. The fourth-order valence-electron chi connectivity index (χ4n) is 1.84. The van der Waals surface area contributed by atoms with Gasteiger partial charge < -0.3 is 0 Å². The van der Waals surface area contributed by atoms with E-state index in [-0.39, 0.29) is 0 Å². The van der Waals surface area contributed by atoms with Gasteiger partial charge in [0.2, 0.25) is 0 Å². The van der Waals surface area contributed by atoms with Gasteiger partial charge in [0.15, 0.2) is 0 Å². The van der Waals surface area contributed by atoms with Crippen LogP contribution >= 0.6 is 0 Å². The zero-order valence-corrected chi connectivity index (χ0v) is 12.1. The molecule has 1 atom stereocenters. The van der Waals surface area contributed by atoms with Crippen LogP contribution in [0.4, 0.5) is 0 Å². The maximum Gasteiger partial charge on any atom is 0.0329 e. The molecule has 0 aliphatic carbocycles. The van der Waals surface area contributed by atoms with Crippen molar-refractivity contribution in [1.29, 1.82) is 0 Å². The van der Waals surface area contributed by atoms with Crippen molar-refractivity contribution in [3.63, 3.8) is 0 Å². The van der Waals surface area contributed by atoms with Crippen LogP contribution in [0, 0.1) is 0 Å². The highest BCUT2D eigenvalue weighted by Crippen LogP contribution is 2.15. The third-order valence-corrected chi connectivity index (χ3v) is 3.72. The maximum absolute atomic E-state index is 2.55. The first kappa shape index (κ1) is 12.9. The van der Waals surface area contributed by atoms with Gasteiger partial charge in [-0.3, -0.25) is 4.90 Å². The quantitative estimate of drug-likeness (QED) is 0.610. The second-order valence-electron chi connectivity index (χ2n) is 3.83. The third-order valence-electron chi connectivity index (χ3n) is 2.93. The Hall–Kier alpha value is -0.0831. The van der Waals surface area contributed by atoms with Crippen LogP contribution in [0.2, 0.25) is 0 Å². The van der Waals surface area contributed by atoms with E-state index in [0.717, 1.165) is 0 Å². The van der Waals surface area contributed by atoms with Crippen molar-refractivity contribution in [3.05, 3.63) is 10.8 Å².